The van der Waals surface area contributed by atoms with Gasteiger partial charge >= 0.3 is 5.97 Å². The van der Waals surface area contributed by atoms with Gasteiger partial charge in [0.05, 0.1) is 19.8 Å². The highest BCUT2D eigenvalue weighted by Gasteiger charge is 2.38. The van der Waals surface area contributed by atoms with Gasteiger partial charge in [-0.25, -0.2) is 4.79 Å². The number of ketones is 1. The number of carbonyl (C=O) groups excluding carboxylic acids is 2. The Kier molecular flexibility index (Phi) is 4.78. The third kappa shape index (κ3) is 3.22. The fourth-order valence-corrected chi connectivity index (χ4v) is 3.25. The van der Waals surface area contributed by atoms with Gasteiger partial charge in [-0.1, -0.05) is 47.6 Å². The molecular weight excluding hydrogens is 374 g/mol. The molecular formula is C20H17N5O4. The van der Waals surface area contributed by atoms with E-state index in [0.717, 1.165) is 0 Å². The molecule has 9 heteroatoms. The highest BCUT2D eigenvalue weighted by atomic mass is 16.5. The summed E-state index contributed by atoms with van der Waals surface area (Å²) in [6.07, 6.45) is 0. The molecule has 1 N–H and O–H groups in total. The highest BCUT2D eigenvalue weighted by molar-refractivity contribution is 6.14. The molecule has 2 heterocycles. The van der Waals surface area contributed by atoms with Crippen LogP contribution in [0.15, 0.2) is 65.9 Å². The van der Waals surface area contributed by atoms with Crippen molar-refractivity contribution in [2.45, 2.75) is 6.04 Å². The van der Waals surface area contributed by atoms with Gasteiger partial charge in [0.25, 0.3) is 0 Å². The van der Waals surface area contributed by atoms with Crippen LogP contribution in [0.3, 0.4) is 0 Å². The van der Waals surface area contributed by atoms with E-state index < -0.39 is 12.0 Å². The maximum absolute atomic E-state index is 13.5. The number of Topliss-reactive ketones (excluding diaryl/α,β-unsaturated/α-hetero) is 1. The second kappa shape index (κ2) is 7.55. The number of hydrogen-bond donors (Lipinski definition) is 1. The number of hydrogen-bond acceptors (Lipinski definition) is 8. The van der Waals surface area contributed by atoms with Gasteiger partial charge in [-0.05, 0) is 28.1 Å². The number of nitrogens with zero attached hydrogens (tertiary/aromatic N) is 4. The van der Waals surface area contributed by atoms with E-state index in [1.54, 1.807) is 49.6 Å². The normalized spacial score (nSPS) is 15.3. The number of benzene rings is 2. The van der Waals surface area contributed by atoms with Gasteiger partial charge in [-0.3, -0.25) is 4.79 Å². The standard InChI is InChI=1S/C20H17N5O4/c1-28-14-10-6-9-13(11-14)17-15(18(26)12-7-4-3-5-8-12)16(19(27)29-2)21-20-22-23-24-25(17)20/h3-11,17H,1-2H3,(H,21,22,24). The average molecular weight is 391 g/mol. The van der Waals surface area contributed by atoms with Gasteiger partial charge < -0.3 is 14.8 Å². The van der Waals surface area contributed by atoms with E-state index in [2.05, 4.69) is 20.8 Å². The minimum Gasteiger partial charge on any atom is -0.497 e. The van der Waals surface area contributed by atoms with Crippen molar-refractivity contribution < 1.29 is 19.1 Å². The van der Waals surface area contributed by atoms with Crippen molar-refractivity contribution in [3.8, 4) is 5.75 Å². The number of methoxy groups -OCH3 is 2. The van der Waals surface area contributed by atoms with Crippen molar-refractivity contribution in [2.24, 2.45) is 0 Å². The molecule has 9 nitrogen and oxygen atoms in total. The first-order valence-corrected chi connectivity index (χ1v) is 8.75. The Morgan fingerprint density at radius 1 is 1.07 bits per heavy atom. The lowest BCUT2D eigenvalue weighted by atomic mass is 9.89. The number of anilines is 1. The van der Waals surface area contributed by atoms with Gasteiger partial charge in [0.2, 0.25) is 5.95 Å². The Hall–Kier alpha value is -4.01. The number of esters is 1. The molecule has 0 saturated carbocycles. The van der Waals surface area contributed by atoms with Crippen LogP contribution in [-0.4, -0.2) is 46.2 Å². The van der Waals surface area contributed by atoms with Gasteiger partial charge in [0.15, 0.2) is 5.78 Å². The van der Waals surface area contributed by atoms with Crippen molar-refractivity contribution in [1.29, 1.82) is 0 Å². The largest absolute Gasteiger partial charge is 0.497 e. The van der Waals surface area contributed by atoms with E-state index >= 15 is 0 Å². The third-order valence-electron chi connectivity index (χ3n) is 4.60. The molecule has 0 radical (unpaired) electrons. The molecule has 1 aliphatic rings. The van der Waals surface area contributed by atoms with Crippen LogP contribution >= 0.6 is 0 Å². The lowest BCUT2D eigenvalue weighted by Gasteiger charge is -2.28. The van der Waals surface area contributed by atoms with Crippen molar-refractivity contribution in [2.75, 3.05) is 19.5 Å². The zero-order valence-electron chi connectivity index (χ0n) is 15.7. The summed E-state index contributed by atoms with van der Waals surface area (Å²) < 4.78 is 11.7. The third-order valence-corrected chi connectivity index (χ3v) is 4.60. The van der Waals surface area contributed by atoms with E-state index in [1.165, 1.54) is 11.8 Å². The lowest BCUT2D eigenvalue weighted by Crippen LogP contribution is -2.32. The number of allylic oxidation sites excluding steroid dienone is 1. The highest BCUT2D eigenvalue weighted by Crippen LogP contribution is 2.37. The molecule has 29 heavy (non-hydrogen) atoms. The molecule has 0 fully saturated rings. The fourth-order valence-electron chi connectivity index (χ4n) is 3.25. The van der Waals surface area contributed by atoms with Crippen LogP contribution in [-0.2, 0) is 9.53 Å². The molecule has 3 aromatic rings. The SMILES string of the molecule is COC(=O)C1=C(C(=O)c2ccccc2)C(c2cccc(OC)c2)n2nnnc2N1. The van der Waals surface area contributed by atoms with Crippen molar-refractivity contribution in [1.82, 2.24) is 20.2 Å². The number of nitrogens with one attached hydrogen (secondary N) is 1. The first kappa shape index (κ1) is 18.4. The number of aromatic nitrogens is 4. The summed E-state index contributed by atoms with van der Waals surface area (Å²) in [6, 6.07) is 15.1. The predicted octanol–water partition coefficient (Wildman–Crippen LogP) is 2.01. The van der Waals surface area contributed by atoms with Crippen LogP contribution in [0.5, 0.6) is 5.75 Å². The van der Waals surface area contributed by atoms with E-state index in [4.69, 9.17) is 9.47 Å². The quantitative estimate of drug-likeness (QED) is 0.520. The maximum Gasteiger partial charge on any atom is 0.355 e. The maximum atomic E-state index is 13.5. The van der Waals surface area contributed by atoms with Gasteiger partial charge in [-0.15, -0.1) is 0 Å². The van der Waals surface area contributed by atoms with Gasteiger partial charge in [-0.2, -0.15) is 4.68 Å². The van der Waals surface area contributed by atoms with Crippen molar-refractivity contribution in [3.05, 3.63) is 77.0 Å². The Bertz CT molecular complexity index is 1110. The minimum absolute atomic E-state index is 0.00327. The molecule has 0 aliphatic carbocycles. The summed E-state index contributed by atoms with van der Waals surface area (Å²) in [6.45, 7) is 0. The molecule has 1 aromatic heterocycles. The Morgan fingerprint density at radius 3 is 2.59 bits per heavy atom. The molecule has 2 aromatic carbocycles. The van der Waals surface area contributed by atoms with Crippen LogP contribution in [0, 0.1) is 0 Å². The van der Waals surface area contributed by atoms with E-state index in [0.29, 0.717) is 16.9 Å². The Balaban J connectivity index is 1.96. The number of fused-ring (bicyclic) bond motifs is 1. The Labute approximate surface area is 165 Å². The van der Waals surface area contributed by atoms with Crippen LogP contribution in [0.2, 0.25) is 0 Å². The monoisotopic (exact) mass is 391 g/mol. The topological polar surface area (TPSA) is 108 Å². The van der Waals surface area contributed by atoms with Crippen LogP contribution in [0.25, 0.3) is 0 Å². The summed E-state index contributed by atoms with van der Waals surface area (Å²) in [4.78, 5) is 26.0. The average Bonchev–Trinajstić information content (AvgIpc) is 3.25. The zero-order chi connectivity index (χ0) is 20.4. The van der Waals surface area contributed by atoms with E-state index in [1.807, 2.05) is 12.1 Å². The molecule has 0 bridgehead atoms. The Morgan fingerprint density at radius 2 is 1.86 bits per heavy atom. The first-order chi connectivity index (χ1) is 14.1. The second-order valence-electron chi connectivity index (χ2n) is 6.23. The molecule has 1 aliphatic heterocycles. The molecule has 0 saturated heterocycles. The number of ether oxygens (including phenoxy) is 2. The first-order valence-electron chi connectivity index (χ1n) is 8.75. The molecule has 0 spiro atoms. The summed E-state index contributed by atoms with van der Waals surface area (Å²) in [5.74, 6) is -0.205. The van der Waals surface area contributed by atoms with Crippen LogP contribution < -0.4 is 10.1 Å². The van der Waals surface area contributed by atoms with E-state index in [-0.39, 0.29) is 23.0 Å². The predicted molar refractivity (Wildman–Crippen MR) is 102 cm³/mol. The molecule has 146 valence electrons. The summed E-state index contributed by atoms with van der Waals surface area (Å²) in [5.41, 5.74) is 1.28. The minimum atomic E-state index is -0.752. The van der Waals surface area contributed by atoms with Crippen LogP contribution in [0.4, 0.5) is 5.95 Å². The fraction of sp³-hybridized carbons (Fsp3) is 0.150. The summed E-state index contributed by atoms with van der Waals surface area (Å²) in [5, 5.41) is 14.5. The van der Waals surface area contributed by atoms with Gasteiger partial charge in [0.1, 0.15) is 17.5 Å². The molecule has 1 atom stereocenters. The van der Waals surface area contributed by atoms with Crippen molar-refractivity contribution in [3.63, 3.8) is 0 Å². The number of tetrazole rings is 1. The summed E-state index contributed by atoms with van der Waals surface area (Å²) in [7, 11) is 2.80. The second-order valence-corrected chi connectivity index (χ2v) is 6.23. The van der Waals surface area contributed by atoms with Crippen molar-refractivity contribution >= 4 is 17.7 Å². The van der Waals surface area contributed by atoms with E-state index in [9.17, 15) is 9.59 Å². The van der Waals surface area contributed by atoms with Gasteiger partial charge in [0, 0.05) is 5.56 Å². The number of rotatable bonds is 5. The lowest BCUT2D eigenvalue weighted by molar-refractivity contribution is -0.136. The van der Waals surface area contributed by atoms with Crippen LogP contribution in [0.1, 0.15) is 22.0 Å². The summed E-state index contributed by atoms with van der Waals surface area (Å²) >= 11 is 0. The molecule has 4 rings (SSSR count). The smallest absolute Gasteiger partial charge is 0.355 e. The number of carbonyl (C=O) groups is 2. The molecule has 0 amide bonds. The zero-order valence-corrected chi connectivity index (χ0v) is 15.7. The molecule has 1 unspecified atom stereocenters.